The molecule has 2 aliphatic rings. The largest absolute Gasteiger partial charge is 0.497 e. The van der Waals surface area contributed by atoms with Gasteiger partial charge in [0, 0.05) is 0 Å². The van der Waals surface area contributed by atoms with Crippen molar-refractivity contribution in [2.24, 2.45) is 0 Å². The van der Waals surface area contributed by atoms with Gasteiger partial charge < -0.3 is 14.2 Å². The first kappa shape index (κ1) is 8.26. The van der Waals surface area contributed by atoms with Gasteiger partial charge in [-0.1, -0.05) is 12.1 Å². The Balaban J connectivity index is 1.82. The van der Waals surface area contributed by atoms with Crippen LogP contribution in [-0.4, -0.2) is 25.9 Å². The van der Waals surface area contributed by atoms with Crippen LogP contribution < -0.4 is 4.74 Å². The molecule has 74 valence electrons. The Bertz CT molecular complexity index is 333. The first-order valence-corrected chi connectivity index (χ1v) is 4.79. The van der Waals surface area contributed by atoms with Gasteiger partial charge in [0.2, 0.25) is 0 Å². The van der Waals surface area contributed by atoms with Crippen LogP contribution in [0.2, 0.25) is 0 Å². The van der Waals surface area contributed by atoms with Crippen molar-refractivity contribution in [2.45, 2.75) is 18.3 Å². The van der Waals surface area contributed by atoms with E-state index in [-0.39, 0.29) is 6.10 Å². The van der Waals surface area contributed by atoms with Crippen LogP contribution in [0.25, 0.3) is 0 Å². The van der Waals surface area contributed by atoms with Gasteiger partial charge in [-0.2, -0.15) is 0 Å². The Morgan fingerprint density at radius 2 is 2.07 bits per heavy atom. The first-order valence-electron chi connectivity index (χ1n) is 4.79. The minimum Gasteiger partial charge on any atom is -0.497 e. The molecule has 2 saturated heterocycles. The fourth-order valence-electron chi connectivity index (χ4n) is 1.93. The second-order valence-corrected chi connectivity index (χ2v) is 3.67. The van der Waals surface area contributed by atoms with Gasteiger partial charge in [0.05, 0.1) is 13.7 Å². The van der Waals surface area contributed by atoms with Crippen LogP contribution in [0.1, 0.15) is 11.7 Å². The second kappa shape index (κ2) is 2.97. The van der Waals surface area contributed by atoms with Crippen molar-refractivity contribution in [1.82, 2.24) is 0 Å². The average Bonchev–Trinajstić information content (AvgIpc) is 2.91. The van der Waals surface area contributed by atoms with Gasteiger partial charge in [0.15, 0.2) is 0 Å². The standard InChI is InChI=1S/C11H12O3/c1-12-8-4-2-7(3-5-8)10-11-9(14-11)6-13-10/h2-5,9-11H,6H2,1H3/t9-,10+,11+/m0/s1. The maximum atomic E-state index is 5.61. The summed E-state index contributed by atoms with van der Waals surface area (Å²) in [5.41, 5.74) is 1.18. The van der Waals surface area contributed by atoms with E-state index in [0.29, 0.717) is 12.2 Å². The van der Waals surface area contributed by atoms with E-state index in [9.17, 15) is 0 Å². The van der Waals surface area contributed by atoms with E-state index in [4.69, 9.17) is 14.2 Å². The minimum absolute atomic E-state index is 0.130. The van der Waals surface area contributed by atoms with Crippen molar-refractivity contribution in [3.05, 3.63) is 29.8 Å². The quantitative estimate of drug-likeness (QED) is 0.666. The summed E-state index contributed by atoms with van der Waals surface area (Å²) in [7, 11) is 1.67. The van der Waals surface area contributed by atoms with Crippen molar-refractivity contribution < 1.29 is 14.2 Å². The molecule has 3 heteroatoms. The number of benzene rings is 1. The Hall–Kier alpha value is -1.06. The van der Waals surface area contributed by atoms with Gasteiger partial charge in [-0.05, 0) is 17.7 Å². The van der Waals surface area contributed by atoms with Crippen LogP contribution >= 0.6 is 0 Å². The summed E-state index contributed by atoms with van der Waals surface area (Å²) in [6.07, 6.45) is 0.774. The Morgan fingerprint density at radius 1 is 1.29 bits per heavy atom. The molecular weight excluding hydrogens is 180 g/mol. The molecule has 0 bridgehead atoms. The molecule has 2 aliphatic heterocycles. The molecule has 0 N–H and O–H groups in total. The highest BCUT2D eigenvalue weighted by molar-refractivity contribution is 5.30. The molecule has 3 nitrogen and oxygen atoms in total. The average molecular weight is 192 g/mol. The summed E-state index contributed by atoms with van der Waals surface area (Å²) in [6, 6.07) is 7.98. The van der Waals surface area contributed by atoms with Crippen LogP contribution in [-0.2, 0) is 9.47 Å². The van der Waals surface area contributed by atoms with Gasteiger partial charge in [-0.15, -0.1) is 0 Å². The van der Waals surface area contributed by atoms with Crippen molar-refractivity contribution in [1.29, 1.82) is 0 Å². The molecule has 0 amide bonds. The lowest BCUT2D eigenvalue weighted by Gasteiger charge is -2.11. The topological polar surface area (TPSA) is 31.0 Å². The van der Waals surface area contributed by atoms with E-state index in [0.717, 1.165) is 12.4 Å². The molecule has 0 spiro atoms. The van der Waals surface area contributed by atoms with Gasteiger partial charge in [-0.3, -0.25) is 0 Å². The third-order valence-electron chi connectivity index (χ3n) is 2.80. The van der Waals surface area contributed by atoms with Crippen molar-refractivity contribution in [3.8, 4) is 5.75 Å². The highest BCUT2D eigenvalue weighted by Gasteiger charge is 2.52. The normalized spacial score (nSPS) is 33.9. The second-order valence-electron chi connectivity index (χ2n) is 3.67. The summed E-state index contributed by atoms with van der Waals surface area (Å²) in [5.74, 6) is 0.875. The molecule has 14 heavy (non-hydrogen) atoms. The lowest BCUT2D eigenvalue weighted by Crippen LogP contribution is -2.04. The SMILES string of the molecule is COc1ccc([C@H]2OC[C@@H]3O[C@H]32)cc1. The van der Waals surface area contributed by atoms with Crippen LogP contribution in [0.3, 0.4) is 0 Å². The molecule has 2 fully saturated rings. The van der Waals surface area contributed by atoms with Crippen molar-refractivity contribution in [2.75, 3.05) is 13.7 Å². The predicted octanol–water partition coefficient (Wildman–Crippen LogP) is 1.53. The Morgan fingerprint density at radius 3 is 2.57 bits per heavy atom. The lowest BCUT2D eigenvalue weighted by atomic mass is 10.1. The van der Waals surface area contributed by atoms with E-state index in [1.165, 1.54) is 5.56 Å². The number of methoxy groups -OCH3 is 1. The number of ether oxygens (including phenoxy) is 3. The molecule has 0 aliphatic carbocycles. The smallest absolute Gasteiger partial charge is 0.118 e. The Kier molecular flexibility index (Phi) is 1.75. The fraction of sp³-hybridized carbons (Fsp3) is 0.455. The third-order valence-corrected chi connectivity index (χ3v) is 2.80. The molecule has 0 aromatic heterocycles. The van der Waals surface area contributed by atoms with Crippen molar-refractivity contribution in [3.63, 3.8) is 0 Å². The molecule has 1 aromatic carbocycles. The minimum atomic E-state index is 0.130. The van der Waals surface area contributed by atoms with Crippen LogP contribution in [0.15, 0.2) is 24.3 Å². The number of rotatable bonds is 2. The molecule has 3 rings (SSSR count). The number of fused-ring (bicyclic) bond motifs is 1. The summed E-state index contributed by atoms with van der Waals surface area (Å²) in [6.45, 7) is 0.737. The molecular formula is C11H12O3. The summed E-state index contributed by atoms with van der Waals surface area (Å²) >= 11 is 0. The third kappa shape index (κ3) is 1.21. The van der Waals surface area contributed by atoms with E-state index in [1.54, 1.807) is 7.11 Å². The highest BCUT2D eigenvalue weighted by Crippen LogP contribution is 2.43. The fourth-order valence-corrected chi connectivity index (χ4v) is 1.93. The van der Waals surface area contributed by atoms with Crippen LogP contribution in [0, 0.1) is 0 Å². The van der Waals surface area contributed by atoms with E-state index in [1.807, 2.05) is 24.3 Å². The molecule has 0 saturated carbocycles. The number of hydrogen-bond donors (Lipinski definition) is 0. The maximum absolute atomic E-state index is 5.61. The van der Waals surface area contributed by atoms with Gasteiger partial charge in [0.1, 0.15) is 24.1 Å². The summed E-state index contributed by atoms with van der Waals surface area (Å²) in [5, 5.41) is 0. The van der Waals surface area contributed by atoms with Gasteiger partial charge >= 0.3 is 0 Å². The van der Waals surface area contributed by atoms with E-state index < -0.39 is 0 Å². The highest BCUT2D eigenvalue weighted by atomic mass is 16.7. The number of hydrogen-bond acceptors (Lipinski definition) is 3. The van der Waals surface area contributed by atoms with E-state index in [2.05, 4.69) is 0 Å². The maximum Gasteiger partial charge on any atom is 0.118 e. The van der Waals surface area contributed by atoms with E-state index >= 15 is 0 Å². The van der Waals surface area contributed by atoms with Gasteiger partial charge in [-0.25, -0.2) is 0 Å². The zero-order valence-corrected chi connectivity index (χ0v) is 7.97. The van der Waals surface area contributed by atoms with Gasteiger partial charge in [0.25, 0.3) is 0 Å². The monoisotopic (exact) mass is 192 g/mol. The van der Waals surface area contributed by atoms with Crippen LogP contribution in [0.5, 0.6) is 5.75 Å². The molecule has 0 unspecified atom stereocenters. The Labute approximate surface area is 82.6 Å². The molecule has 1 aromatic rings. The molecule has 0 radical (unpaired) electrons. The predicted molar refractivity (Wildman–Crippen MR) is 50.3 cm³/mol. The zero-order chi connectivity index (χ0) is 9.54. The van der Waals surface area contributed by atoms with Crippen LogP contribution in [0.4, 0.5) is 0 Å². The molecule has 2 heterocycles. The summed E-state index contributed by atoms with van der Waals surface area (Å²) in [4.78, 5) is 0. The summed E-state index contributed by atoms with van der Waals surface area (Å²) < 4.78 is 16.1. The zero-order valence-electron chi connectivity index (χ0n) is 7.97. The van der Waals surface area contributed by atoms with Crippen molar-refractivity contribution >= 4 is 0 Å². The first-order chi connectivity index (χ1) is 6.88. The number of epoxide rings is 1. The molecule has 3 atom stereocenters. The lowest BCUT2D eigenvalue weighted by molar-refractivity contribution is 0.0282.